The predicted octanol–water partition coefficient (Wildman–Crippen LogP) is 3.91. The molecule has 0 fully saturated rings. The van der Waals surface area contributed by atoms with Gasteiger partial charge in [-0.15, -0.1) is 0 Å². The van der Waals surface area contributed by atoms with Gasteiger partial charge in [0.15, 0.2) is 6.61 Å². The van der Waals surface area contributed by atoms with Crippen LogP contribution in [-0.4, -0.2) is 26.3 Å². The topological polar surface area (TPSA) is 105 Å². The van der Waals surface area contributed by atoms with Crippen molar-refractivity contribution in [3.63, 3.8) is 0 Å². The number of hydrogen-bond acceptors (Lipinski definition) is 8. The van der Waals surface area contributed by atoms with Crippen molar-refractivity contribution in [2.75, 3.05) is 20.3 Å². The third-order valence-corrected chi connectivity index (χ3v) is 4.77. The Labute approximate surface area is 181 Å². The average molecular weight is 436 g/mol. The Hall–Kier alpha value is -4.07. The monoisotopic (exact) mass is 436 g/mol. The molecule has 0 aliphatic rings. The summed E-state index contributed by atoms with van der Waals surface area (Å²) in [4.78, 5) is 36.5. The lowest BCUT2D eigenvalue weighted by molar-refractivity contribution is -0.146. The number of ether oxygens (including phenoxy) is 3. The van der Waals surface area contributed by atoms with Crippen LogP contribution in [0.3, 0.4) is 0 Å². The van der Waals surface area contributed by atoms with Gasteiger partial charge >= 0.3 is 17.2 Å². The fraction of sp³-hybridized carbons (Fsp3) is 0.208. The van der Waals surface area contributed by atoms with E-state index in [0.717, 1.165) is 6.42 Å². The van der Waals surface area contributed by atoms with Gasteiger partial charge in [-0.25, -0.2) is 14.4 Å². The first-order valence-corrected chi connectivity index (χ1v) is 9.97. The van der Waals surface area contributed by atoms with E-state index in [4.69, 9.17) is 23.0 Å². The molecule has 0 radical (unpaired) electrons. The molecule has 0 atom stereocenters. The van der Waals surface area contributed by atoms with Crippen LogP contribution >= 0.6 is 0 Å². The lowest BCUT2D eigenvalue weighted by atomic mass is 10.0. The van der Waals surface area contributed by atoms with Crippen molar-refractivity contribution in [3.05, 3.63) is 69.4 Å². The Balaban J connectivity index is 1.71. The standard InChI is InChI=1S/C24H20O8/c1-3-8-29-23(26)13-30-16-5-4-14-9-19(24(27)32-20(14)11-16)18-12-22(25)31-21-10-15(28-2)6-7-17(18)21/h4-7,9-12H,3,8,13H2,1-2H3. The van der Waals surface area contributed by atoms with E-state index >= 15 is 0 Å². The number of fused-ring (bicyclic) bond motifs is 2. The summed E-state index contributed by atoms with van der Waals surface area (Å²) in [5.74, 6) is 0.407. The van der Waals surface area contributed by atoms with Gasteiger partial charge < -0.3 is 23.0 Å². The predicted molar refractivity (Wildman–Crippen MR) is 117 cm³/mol. The fourth-order valence-corrected chi connectivity index (χ4v) is 3.26. The van der Waals surface area contributed by atoms with Crippen LogP contribution in [0.1, 0.15) is 13.3 Å². The van der Waals surface area contributed by atoms with Crippen molar-refractivity contribution in [1.82, 2.24) is 0 Å². The fourth-order valence-electron chi connectivity index (χ4n) is 3.26. The molecule has 32 heavy (non-hydrogen) atoms. The summed E-state index contributed by atoms with van der Waals surface area (Å²) in [6.07, 6.45) is 0.724. The molecular formula is C24H20O8. The number of methoxy groups -OCH3 is 1. The quantitative estimate of drug-likeness (QED) is 0.317. The summed E-state index contributed by atoms with van der Waals surface area (Å²) in [6.45, 7) is 1.98. The van der Waals surface area contributed by atoms with Crippen molar-refractivity contribution in [3.8, 4) is 22.6 Å². The van der Waals surface area contributed by atoms with E-state index in [1.807, 2.05) is 6.92 Å². The van der Waals surface area contributed by atoms with Gasteiger partial charge in [-0.3, -0.25) is 0 Å². The number of carbonyl (C=O) groups is 1. The summed E-state index contributed by atoms with van der Waals surface area (Å²) < 4.78 is 26.3. The SMILES string of the molecule is CCCOC(=O)COc1ccc2cc(-c3cc(=O)oc4cc(OC)ccc34)c(=O)oc2c1. The maximum absolute atomic E-state index is 12.8. The van der Waals surface area contributed by atoms with E-state index in [2.05, 4.69) is 0 Å². The molecule has 0 aliphatic carbocycles. The number of carbonyl (C=O) groups excluding carboxylic acids is 1. The molecule has 8 heteroatoms. The normalized spacial score (nSPS) is 10.9. The Morgan fingerprint density at radius 3 is 2.47 bits per heavy atom. The molecule has 0 aliphatic heterocycles. The van der Waals surface area contributed by atoms with E-state index in [0.29, 0.717) is 40.0 Å². The lowest BCUT2D eigenvalue weighted by Crippen LogP contribution is -2.15. The molecule has 2 aromatic carbocycles. The summed E-state index contributed by atoms with van der Waals surface area (Å²) in [7, 11) is 1.51. The molecule has 0 bridgehead atoms. The molecule has 8 nitrogen and oxygen atoms in total. The molecular weight excluding hydrogens is 416 g/mol. The van der Waals surface area contributed by atoms with Crippen LogP contribution in [0.4, 0.5) is 0 Å². The van der Waals surface area contributed by atoms with Crippen molar-refractivity contribution in [1.29, 1.82) is 0 Å². The van der Waals surface area contributed by atoms with Gasteiger partial charge in [0.25, 0.3) is 0 Å². The van der Waals surface area contributed by atoms with E-state index in [9.17, 15) is 14.4 Å². The van der Waals surface area contributed by atoms with E-state index < -0.39 is 17.2 Å². The van der Waals surface area contributed by atoms with E-state index in [1.165, 1.54) is 19.2 Å². The number of esters is 1. The highest BCUT2D eigenvalue weighted by molar-refractivity contribution is 5.95. The minimum Gasteiger partial charge on any atom is -0.497 e. The second-order valence-corrected chi connectivity index (χ2v) is 7.00. The van der Waals surface area contributed by atoms with Crippen LogP contribution in [0.25, 0.3) is 33.1 Å². The van der Waals surface area contributed by atoms with Crippen LogP contribution in [-0.2, 0) is 9.53 Å². The molecule has 4 aromatic rings. The van der Waals surface area contributed by atoms with Gasteiger partial charge in [0, 0.05) is 34.5 Å². The molecule has 4 rings (SSSR count). The summed E-state index contributed by atoms with van der Waals surface area (Å²) in [6, 6.07) is 12.8. The van der Waals surface area contributed by atoms with Crippen molar-refractivity contribution < 1.29 is 27.8 Å². The van der Waals surface area contributed by atoms with Crippen molar-refractivity contribution >= 4 is 27.9 Å². The smallest absolute Gasteiger partial charge is 0.344 e. The zero-order valence-electron chi connectivity index (χ0n) is 17.5. The third kappa shape index (κ3) is 4.34. The average Bonchev–Trinajstić information content (AvgIpc) is 2.79. The molecule has 0 saturated heterocycles. The van der Waals surface area contributed by atoms with Crippen molar-refractivity contribution in [2.45, 2.75) is 13.3 Å². The molecule has 0 unspecified atom stereocenters. The van der Waals surface area contributed by atoms with Crippen LogP contribution in [0, 0.1) is 0 Å². The number of benzene rings is 2. The Bertz CT molecular complexity index is 1410. The molecule has 0 spiro atoms. The Kier molecular flexibility index (Phi) is 5.93. The van der Waals surface area contributed by atoms with E-state index in [-0.39, 0.29) is 17.8 Å². The van der Waals surface area contributed by atoms with Gasteiger partial charge in [0.05, 0.1) is 19.3 Å². The van der Waals surface area contributed by atoms with Gasteiger partial charge in [-0.2, -0.15) is 0 Å². The highest BCUT2D eigenvalue weighted by atomic mass is 16.6. The zero-order valence-corrected chi connectivity index (χ0v) is 17.5. The number of hydrogen-bond donors (Lipinski definition) is 0. The second-order valence-electron chi connectivity index (χ2n) is 7.00. The van der Waals surface area contributed by atoms with Crippen LogP contribution in [0.15, 0.2) is 67.0 Å². The highest BCUT2D eigenvalue weighted by Gasteiger charge is 2.15. The second kappa shape index (κ2) is 8.97. The van der Waals surface area contributed by atoms with Crippen LogP contribution < -0.4 is 20.7 Å². The lowest BCUT2D eigenvalue weighted by Gasteiger charge is -2.09. The molecule has 0 saturated carbocycles. The van der Waals surface area contributed by atoms with Crippen LogP contribution in [0.5, 0.6) is 11.5 Å². The maximum Gasteiger partial charge on any atom is 0.344 e. The molecule has 164 valence electrons. The van der Waals surface area contributed by atoms with Gasteiger partial charge in [0.2, 0.25) is 0 Å². The Morgan fingerprint density at radius 1 is 0.906 bits per heavy atom. The van der Waals surface area contributed by atoms with Gasteiger partial charge in [-0.05, 0) is 36.8 Å². The third-order valence-electron chi connectivity index (χ3n) is 4.77. The van der Waals surface area contributed by atoms with Gasteiger partial charge in [0.1, 0.15) is 22.7 Å². The van der Waals surface area contributed by atoms with Crippen molar-refractivity contribution in [2.24, 2.45) is 0 Å². The van der Waals surface area contributed by atoms with Gasteiger partial charge in [-0.1, -0.05) is 6.92 Å². The first-order chi connectivity index (χ1) is 15.5. The number of rotatable bonds is 7. The highest BCUT2D eigenvalue weighted by Crippen LogP contribution is 2.30. The molecule has 2 aromatic heterocycles. The Morgan fingerprint density at radius 2 is 1.69 bits per heavy atom. The minimum absolute atomic E-state index is 0.220. The summed E-state index contributed by atoms with van der Waals surface area (Å²) >= 11 is 0. The molecule has 0 amide bonds. The molecule has 0 N–H and O–H groups in total. The maximum atomic E-state index is 12.8. The largest absolute Gasteiger partial charge is 0.497 e. The summed E-state index contributed by atoms with van der Waals surface area (Å²) in [5.41, 5.74) is -0.0261. The minimum atomic E-state index is -0.625. The summed E-state index contributed by atoms with van der Waals surface area (Å²) in [5, 5.41) is 1.19. The molecule has 2 heterocycles. The first-order valence-electron chi connectivity index (χ1n) is 9.97. The zero-order chi connectivity index (χ0) is 22.7. The first kappa shape index (κ1) is 21.2. The van der Waals surface area contributed by atoms with Crippen LogP contribution in [0.2, 0.25) is 0 Å². The van der Waals surface area contributed by atoms with E-state index in [1.54, 1.807) is 36.4 Å².